The van der Waals surface area contributed by atoms with Crippen LogP contribution in [0.4, 0.5) is 0 Å². The van der Waals surface area contributed by atoms with Crippen LogP contribution >= 0.6 is 0 Å². The highest BCUT2D eigenvalue weighted by Crippen LogP contribution is 2.22. The lowest BCUT2D eigenvalue weighted by atomic mass is 9.97. The molecule has 132 valence electrons. The van der Waals surface area contributed by atoms with Crippen LogP contribution in [0.15, 0.2) is 42.7 Å². The van der Waals surface area contributed by atoms with Gasteiger partial charge in [-0.15, -0.1) is 0 Å². The standard InChI is InChI=1S/C19H23N3O3/c23-18(21-12-2-1-4-16(21)9-10-19(24)25)14-15-5-7-17(8-6-15)22-13-3-11-20-22/h3,5-8,11,13,16H,1-2,4,9-10,12,14H2,(H,24,25). The van der Waals surface area contributed by atoms with E-state index in [-0.39, 0.29) is 18.4 Å². The van der Waals surface area contributed by atoms with Crippen LogP contribution in [0.5, 0.6) is 0 Å². The van der Waals surface area contributed by atoms with E-state index in [0.29, 0.717) is 12.8 Å². The average Bonchev–Trinajstić information content (AvgIpc) is 3.15. The Morgan fingerprint density at radius 2 is 2.00 bits per heavy atom. The molecule has 25 heavy (non-hydrogen) atoms. The number of carbonyl (C=O) groups excluding carboxylic acids is 1. The van der Waals surface area contributed by atoms with Gasteiger partial charge in [-0.05, 0) is 49.4 Å². The zero-order valence-electron chi connectivity index (χ0n) is 14.2. The quantitative estimate of drug-likeness (QED) is 0.876. The summed E-state index contributed by atoms with van der Waals surface area (Å²) in [6.45, 7) is 0.731. The molecule has 1 unspecified atom stereocenters. The van der Waals surface area contributed by atoms with E-state index in [9.17, 15) is 9.59 Å². The highest BCUT2D eigenvalue weighted by molar-refractivity contribution is 5.79. The van der Waals surface area contributed by atoms with Crippen molar-refractivity contribution in [1.29, 1.82) is 0 Å². The van der Waals surface area contributed by atoms with Crippen molar-refractivity contribution < 1.29 is 14.7 Å². The number of nitrogens with zero attached hydrogens (tertiary/aromatic N) is 3. The molecule has 1 saturated heterocycles. The summed E-state index contributed by atoms with van der Waals surface area (Å²) in [7, 11) is 0. The van der Waals surface area contributed by atoms with Crippen LogP contribution in [-0.4, -0.2) is 44.3 Å². The van der Waals surface area contributed by atoms with Crippen LogP contribution in [0.2, 0.25) is 0 Å². The molecule has 1 N–H and O–H groups in total. The summed E-state index contributed by atoms with van der Waals surface area (Å²) in [5, 5.41) is 13.1. The Morgan fingerprint density at radius 3 is 2.68 bits per heavy atom. The van der Waals surface area contributed by atoms with E-state index in [1.165, 1.54) is 0 Å². The molecule has 1 aliphatic heterocycles. The number of benzene rings is 1. The second-order valence-electron chi connectivity index (χ2n) is 6.46. The van der Waals surface area contributed by atoms with Crippen molar-refractivity contribution >= 4 is 11.9 Å². The smallest absolute Gasteiger partial charge is 0.303 e. The van der Waals surface area contributed by atoms with Crippen LogP contribution in [0.1, 0.15) is 37.7 Å². The van der Waals surface area contributed by atoms with E-state index in [0.717, 1.165) is 37.1 Å². The molecule has 3 rings (SSSR count). The molecule has 6 heteroatoms. The number of aliphatic carboxylic acids is 1. The topological polar surface area (TPSA) is 75.4 Å². The van der Waals surface area contributed by atoms with Gasteiger partial charge in [-0.3, -0.25) is 9.59 Å². The van der Waals surface area contributed by atoms with Gasteiger partial charge >= 0.3 is 5.97 Å². The second kappa shape index (κ2) is 7.96. The molecule has 6 nitrogen and oxygen atoms in total. The molecule has 0 bridgehead atoms. The highest BCUT2D eigenvalue weighted by atomic mass is 16.4. The first kappa shape index (κ1) is 17.2. The van der Waals surface area contributed by atoms with Crippen LogP contribution < -0.4 is 0 Å². The minimum absolute atomic E-state index is 0.0562. The minimum Gasteiger partial charge on any atom is -0.481 e. The van der Waals surface area contributed by atoms with E-state index in [2.05, 4.69) is 5.10 Å². The van der Waals surface area contributed by atoms with Crippen LogP contribution in [-0.2, 0) is 16.0 Å². The maximum atomic E-state index is 12.7. The molecule has 1 aromatic heterocycles. The number of likely N-dealkylation sites (tertiary alicyclic amines) is 1. The molecule has 1 aliphatic rings. The molecular formula is C19H23N3O3. The van der Waals surface area contributed by atoms with Gasteiger partial charge in [-0.1, -0.05) is 12.1 Å². The van der Waals surface area contributed by atoms with Gasteiger partial charge in [0.15, 0.2) is 0 Å². The van der Waals surface area contributed by atoms with Gasteiger partial charge in [-0.2, -0.15) is 5.10 Å². The van der Waals surface area contributed by atoms with Crippen molar-refractivity contribution in [2.45, 2.75) is 44.6 Å². The number of hydrogen-bond donors (Lipinski definition) is 1. The third-order valence-corrected chi connectivity index (χ3v) is 4.70. The fraction of sp³-hybridized carbons (Fsp3) is 0.421. The first-order chi connectivity index (χ1) is 12.1. The summed E-state index contributed by atoms with van der Waals surface area (Å²) in [6.07, 6.45) is 7.57. The zero-order valence-corrected chi connectivity index (χ0v) is 14.2. The Kier molecular flexibility index (Phi) is 5.48. The Balaban J connectivity index is 1.62. The summed E-state index contributed by atoms with van der Waals surface area (Å²) >= 11 is 0. The maximum absolute atomic E-state index is 12.7. The molecule has 0 radical (unpaired) electrons. The molecule has 1 amide bonds. The third kappa shape index (κ3) is 4.47. The van der Waals surface area contributed by atoms with E-state index in [1.807, 2.05) is 41.4 Å². The second-order valence-corrected chi connectivity index (χ2v) is 6.46. The molecule has 1 atom stereocenters. The van der Waals surface area contributed by atoms with Gasteiger partial charge in [0, 0.05) is 31.4 Å². The molecule has 0 saturated carbocycles. The van der Waals surface area contributed by atoms with Gasteiger partial charge in [-0.25, -0.2) is 4.68 Å². The highest BCUT2D eigenvalue weighted by Gasteiger charge is 2.26. The number of rotatable bonds is 6. The predicted octanol–water partition coefficient (Wildman–Crippen LogP) is 2.66. The van der Waals surface area contributed by atoms with E-state index >= 15 is 0 Å². The molecule has 1 fully saturated rings. The van der Waals surface area contributed by atoms with Crippen molar-refractivity contribution in [2.75, 3.05) is 6.54 Å². The SMILES string of the molecule is O=C(O)CCC1CCCCN1C(=O)Cc1ccc(-n2cccn2)cc1. The Labute approximate surface area is 147 Å². The lowest BCUT2D eigenvalue weighted by molar-refractivity contribution is -0.139. The van der Waals surface area contributed by atoms with Crippen LogP contribution in [0.3, 0.4) is 0 Å². The lowest BCUT2D eigenvalue weighted by Gasteiger charge is -2.35. The maximum Gasteiger partial charge on any atom is 0.303 e. The summed E-state index contributed by atoms with van der Waals surface area (Å²) < 4.78 is 1.78. The van der Waals surface area contributed by atoms with E-state index in [1.54, 1.807) is 10.9 Å². The molecule has 2 aromatic rings. The minimum atomic E-state index is -0.799. The molecular weight excluding hydrogens is 318 g/mol. The first-order valence-electron chi connectivity index (χ1n) is 8.74. The lowest BCUT2D eigenvalue weighted by Crippen LogP contribution is -2.44. The number of carbonyl (C=O) groups is 2. The molecule has 0 aliphatic carbocycles. The Morgan fingerprint density at radius 1 is 1.20 bits per heavy atom. The van der Waals surface area contributed by atoms with Crippen LogP contribution in [0, 0.1) is 0 Å². The summed E-state index contributed by atoms with van der Waals surface area (Å²) in [5.41, 5.74) is 1.92. The number of carboxylic acids is 1. The van der Waals surface area contributed by atoms with Gasteiger partial charge in [0.2, 0.25) is 5.91 Å². The zero-order chi connectivity index (χ0) is 17.6. The number of amides is 1. The fourth-order valence-electron chi connectivity index (χ4n) is 3.38. The first-order valence-corrected chi connectivity index (χ1v) is 8.74. The largest absolute Gasteiger partial charge is 0.481 e. The van der Waals surface area contributed by atoms with Crippen molar-refractivity contribution in [3.8, 4) is 5.69 Å². The normalized spacial score (nSPS) is 17.4. The monoisotopic (exact) mass is 341 g/mol. The Bertz CT molecular complexity index is 710. The van der Waals surface area contributed by atoms with E-state index in [4.69, 9.17) is 5.11 Å². The third-order valence-electron chi connectivity index (χ3n) is 4.70. The summed E-state index contributed by atoms with van der Waals surface area (Å²) in [6, 6.07) is 9.73. The van der Waals surface area contributed by atoms with E-state index < -0.39 is 5.97 Å². The van der Waals surface area contributed by atoms with Crippen molar-refractivity contribution in [1.82, 2.24) is 14.7 Å². The van der Waals surface area contributed by atoms with Crippen molar-refractivity contribution in [3.63, 3.8) is 0 Å². The molecule has 1 aromatic carbocycles. The number of carboxylic acid groups (broad SMARTS) is 1. The molecule has 0 spiro atoms. The fourth-order valence-corrected chi connectivity index (χ4v) is 3.38. The number of hydrogen-bond acceptors (Lipinski definition) is 3. The summed E-state index contributed by atoms with van der Waals surface area (Å²) in [4.78, 5) is 25.4. The average molecular weight is 341 g/mol. The summed E-state index contributed by atoms with van der Waals surface area (Å²) in [5.74, 6) is -0.714. The van der Waals surface area contributed by atoms with Gasteiger partial charge in [0.05, 0.1) is 12.1 Å². The van der Waals surface area contributed by atoms with Crippen molar-refractivity contribution in [3.05, 3.63) is 48.3 Å². The van der Waals surface area contributed by atoms with Crippen LogP contribution in [0.25, 0.3) is 5.69 Å². The van der Waals surface area contributed by atoms with Gasteiger partial charge in [0.25, 0.3) is 0 Å². The van der Waals surface area contributed by atoms with Gasteiger partial charge in [0.1, 0.15) is 0 Å². The Hall–Kier alpha value is -2.63. The van der Waals surface area contributed by atoms with Crippen molar-refractivity contribution in [2.24, 2.45) is 0 Å². The van der Waals surface area contributed by atoms with Gasteiger partial charge < -0.3 is 10.0 Å². The number of aromatic nitrogens is 2. The molecule has 2 heterocycles. The number of piperidine rings is 1. The predicted molar refractivity (Wildman–Crippen MR) is 93.5 cm³/mol.